The molecule has 0 bridgehead atoms. The molecule has 0 radical (unpaired) electrons. The number of aliphatic hydroxyl groups excluding tert-OH is 2. The van der Waals surface area contributed by atoms with E-state index in [1.807, 2.05) is 12.1 Å². The normalized spacial score (nSPS) is 16.0. The number of hydrogen-bond acceptors (Lipinski definition) is 8. The number of rotatable bonds is 20. The van der Waals surface area contributed by atoms with E-state index in [1.54, 1.807) is 6.07 Å². The van der Waals surface area contributed by atoms with Gasteiger partial charge in [-0.05, 0) is 103 Å². The van der Waals surface area contributed by atoms with Crippen molar-refractivity contribution in [1.29, 1.82) is 0 Å². The van der Waals surface area contributed by atoms with Gasteiger partial charge in [0.2, 0.25) is 0 Å². The molecule has 0 amide bonds. The largest absolute Gasteiger partial charge is 0.491 e. The van der Waals surface area contributed by atoms with Gasteiger partial charge in [0.15, 0.2) is 0 Å². The number of benzene rings is 2. The number of allylic oxidation sites excluding steroid dienone is 1. The summed E-state index contributed by atoms with van der Waals surface area (Å²) in [5.74, 6) is 1.36. The maximum atomic E-state index is 12.4. The Bertz CT molecular complexity index is 1310. The molecule has 0 unspecified atom stereocenters. The zero-order valence-electron chi connectivity index (χ0n) is 26.6. The first-order valence-corrected chi connectivity index (χ1v) is 15.6. The molecule has 1 aliphatic carbocycles. The van der Waals surface area contributed by atoms with Gasteiger partial charge in [-0.15, -0.1) is 0 Å². The lowest BCUT2D eigenvalue weighted by molar-refractivity contribution is -0.140. The van der Waals surface area contributed by atoms with Crippen molar-refractivity contribution >= 4 is 5.97 Å². The summed E-state index contributed by atoms with van der Waals surface area (Å²) in [6.45, 7) is 9.43. The molecule has 252 valence electrons. The van der Waals surface area contributed by atoms with Crippen LogP contribution in [0.15, 0.2) is 72.9 Å². The quantitative estimate of drug-likeness (QED) is 0.0529. The molecule has 10 heteroatoms. The van der Waals surface area contributed by atoms with Crippen molar-refractivity contribution in [2.75, 3.05) is 53.0 Å². The molecule has 1 fully saturated rings. The summed E-state index contributed by atoms with van der Waals surface area (Å²) >= 11 is 0. The van der Waals surface area contributed by atoms with E-state index in [-0.39, 0.29) is 52.0 Å². The third-order valence-electron chi connectivity index (χ3n) is 7.89. The minimum atomic E-state index is -1.59. The second-order valence-corrected chi connectivity index (χ2v) is 11.4. The van der Waals surface area contributed by atoms with Gasteiger partial charge in [-0.3, -0.25) is 0 Å². The van der Waals surface area contributed by atoms with Gasteiger partial charge in [-0.25, -0.2) is 4.79 Å². The lowest BCUT2D eigenvalue weighted by Gasteiger charge is -2.29. The van der Waals surface area contributed by atoms with Gasteiger partial charge in [0, 0.05) is 6.07 Å². The molecule has 0 heterocycles. The van der Waals surface area contributed by atoms with Crippen LogP contribution in [0, 0.1) is 12.8 Å². The molecular formula is C36H46F2O8. The van der Waals surface area contributed by atoms with Crippen LogP contribution >= 0.6 is 0 Å². The van der Waals surface area contributed by atoms with Gasteiger partial charge >= 0.3 is 5.97 Å². The van der Waals surface area contributed by atoms with E-state index in [0.717, 1.165) is 54.9 Å². The fraction of sp³-hybridized carbons (Fsp3) is 0.472. The van der Waals surface area contributed by atoms with Crippen LogP contribution in [0.25, 0.3) is 11.1 Å². The summed E-state index contributed by atoms with van der Waals surface area (Å²) in [4.78, 5) is 11.8. The lowest BCUT2D eigenvalue weighted by Crippen LogP contribution is -2.15. The highest BCUT2D eigenvalue weighted by atomic mass is 19.3. The SMILES string of the molecule is C=C(CO)COCOCCOc1cc(OCCOC(=O)C(=C)CO)cc(-c2ccc(C3CCC(CCC=C(F)F)CC3)cc2C)c1. The van der Waals surface area contributed by atoms with Crippen LogP contribution in [0.4, 0.5) is 8.78 Å². The number of carbonyl (C=O) groups is 1. The molecule has 0 spiro atoms. The van der Waals surface area contributed by atoms with Crippen molar-refractivity contribution in [3.63, 3.8) is 0 Å². The molecule has 0 saturated heterocycles. The molecule has 3 rings (SSSR count). The van der Waals surface area contributed by atoms with Gasteiger partial charge in [0.05, 0.1) is 32.0 Å². The van der Waals surface area contributed by atoms with E-state index in [2.05, 4.69) is 38.3 Å². The fourth-order valence-corrected chi connectivity index (χ4v) is 5.40. The lowest BCUT2D eigenvalue weighted by atomic mass is 9.76. The highest BCUT2D eigenvalue weighted by Gasteiger charge is 2.22. The smallest absolute Gasteiger partial charge is 0.335 e. The van der Waals surface area contributed by atoms with E-state index in [0.29, 0.717) is 35.3 Å². The van der Waals surface area contributed by atoms with Crippen LogP contribution in [0.1, 0.15) is 55.6 Å². The summed E-state index contributed by atoms with van der Waals surface area (Å²) < 4.78 is 52.4. The van der Waals surface area contributed by atoms with Crippen molar-refractivity contribution in [2.24, 2.45) is 5.92 Å². The molecule has 2 aromatic carbocycles. The standard InChI is InChI=1S/C36H46F2O8/c1-25(21-39)23-43-24-42-13-14-44-32-18-31(19-33(20-32)45-15-16-46-36(41)27(3)22-40)34-12-11-30(17-26(34)2)29-9-7-28(8-10-29)5-4-6-35(37)38/h6,11-12,17-20,28-29,39-40H,1,3-5,7-10,13-16,21-24H2,2H3. The molecular weight excluding hydrogens is 598 g/mol. The van der Waals surface area contributed by atoms with Gasteiger partial charge in [0.25, 0.3) is 6.08 Å². The highest BCUT2D eigenvalue weighted by Crippen LogP contribution is 2.39. The number of aliphatic hydroxyl groups is 2. The predicted octanol–water partition coefficient (Wildman–Crippen LogP) is 6.88. The van der Waals surface area contributed by atoms with E-state index in [9.17, 15) is 13.6 Å². The van der Waals surface area contributed by atoms with Crippen LogP contribution < -0.4 is 9.47 Å². The Kier molecular flexibility index (Phi) is 15.9. The van der Waals surface area contributed by atoms with Crippen molar-refractivity contribution in [3.05, 3.63) is 84.0 Å². The zero-order valence-corrected chi connectivity index (χ0v) is 26.6. The molecule has 1 aliphatic rings. The van der Waals surface area contributed by atoms with Crippen LogP contribution in [-0.2, 0) is 19.0 Å². The van der Waals surface area contributed by atoms with Gasteiger partial charge in [-0.1, -0.05) is 31.4 Å². The molecule has 0 aromatic heterocycles. The zero-order chi connectivity index (χ0) is 33.3. The van der Waals surface area contributed by atoms with Crippen molar-refractivity contribution in [1.82, 2.24) is 0 Å². The number of aryl methyl sites for hydroxylation is 1. The molecule has 2 N–H and O–H groups in total. The van der Waals surface area contributed by atoms with Crippen LogP contribution in [0.3, 0.4) is 0 Å². The van der Waals surface area contributed by atoms with Crippen LogP contribution in [0.5, 0.6) is 11.5 Å². The van der Waals surface area contributed by atoms with Crippen LogP contribution in [0.2, 0.25) is 0 Å². The van der Waals surface area contributed by atoms with Gasteiger partial charge < -0.3 is 33.9 Å². The Morgan fingerprint density at radius 1 is 0.913 bits per heavy atom. The predicted molar refractivity (Wildman–Crippen MR) is 172 cm³/mol. The topological polar surface area (TPSA) is 104 Å². The number of halogens is 2. The molecule has 0 aliphatic heterocycles. The minimum absolute atomic E-state index is 0.0196. The van der Waals surface area contributed by atoms with Gasteiger partial charge in [0.1, 0.15) is 38.1 Å². The number of carbonyl (C=O) groups excluding carboxylic acids is 1. The number of hydrogen-bond donors (Lipinski definition) is 2. The van der Waals surface area contributed by atoms with Crippen molar-refractivity contribution < 1.29 is 47.5 Å². The Balaban J connectivity index is 1.65. The molecule has 8 nitrogen and oxygen atoms in total. The fourth-order valence-electron chi connectivity index (χ4n) is 5.40. The Morgan fingerprint density at radius 2 is 1.61 bits per heavy atom. The molecule has 2 aromatic rings. The Hall–Kier alpha value is -3.57. The van der Waals surface area contributed by atoms with Gasteiger partial charge in [-0.2, -0.15) is 8.78 Å². The maximum Gasteiger partial charge on any atom is 0.335 e. The Morgan fingerprint density at radius 3 is 2.24 bits per heavy atom. The molecule has 0 atom stereocenters. The second-order valence-electron chi connectivity index (χ2n) is 11.4. The van der Waals surface area contributed by atoms with E-state index >= 15 is 0 Å². The average molecular weight is 645 g/mol. The van der Waals surface area contributed by atoms with E-state index in [1.165, 1.54) is 5.56 Å². The summed E-state index contributed by atoms with van der Waals surface area (Å²) in [6, 6.07) is 12.1. The minimum Gasteiger partial charge on any atom is -0.491 e. The summed E-state index contributed by atoms with van der Waals surface area (Å²) in [6.07, 6.45) is 4.87. The van der Waals surface area contributed by atoms with Crippen molar-refractivity contribution in [2.45, 2.75) is 51.4 Å². The monoisotopic (exact) mass is 644 g/mol. The summed E-state index contributed by atoms with van der Waals surface area (Å²) in [5, 5.41) is 18.0. The maximum absolute atomic E-state index is 12.4. The number of ether oxygens (including phenoxy) is 5. The Labute approximate surface area is 270 Å². The first kappa shape index (κ1) is 36.9. The first-order valence-electron chi connectivity index (χ1n) is 15.6. The second kappa shape index (κ2) is 19.8. The molecule has 46 heavy (non-hydrogen) atoms. The summed E-state index contributed by atoms with van der Waals surface area (Å²) in [7, 11) is 0. The third-order valence-corrected chi connectivity index (χ3v) is 7.89. The third kappa shape index (κ3) is 12.7. The number of esters is 1. The van der Waals surface area contributed by atoms with Crippen molar-refractivity contribution in [3.8, 4) is 22.6 Å². The highest BCUT2D eigenvalue weighted by molar-refractivity contribution is 5.87. The first-order chi connectivity index (χ1) is 22.2. The summed E-state index contributed by atoms with van der Waals surface area (Å²) in [5.41, 5.74) is 4.83. The average Bonchev–Trinajstić information content (AvgIpc) is 3.05. The molecule has 1 saturated carbocycles. The van der Waals surface area contributed by atoms with Crippen LogP contribution in [-0.4, -0.2) is 69.2 Å². The van der Waals surface area contributed by atoms with E-state index < -0.39 is 18.7 Å². The van der Waals surface area contributed by atoms with E-state index in [4.69, 9.17) is 33.9 Å².